The molecule has 1 rings (SSSR count). The van der Waals surface area contributed by atoms with Crippen molar-refractivity contribution in [2.24, 2.45) is 0 Å². The summed E-state index contributed by atoms with van der Waals surface area (Å²) in [5.41, 5.74) is 6.57. The average Bonchev–Trinajstić information content (AvgIpc) is 2.01. The molecule has 1 aromatic rings. The summed E-state index contributed by atoms with van der Waals surface area (Å²) in [5, 5.41) is 7.59. The summed E-state index contributed by atoms with van der Waals surface area (Å²) in [4.78, 5) is 0. The van der Waals surface area contributed by atoms with Crippen molar-refractivity contribution < 1.29 is 4.39 Å². The molecule has 0 spiro atoms. The van der Waals surface area contributed by atoms with Gasteiger partial charge in [0.1, 0.15) is 5.82 Å². The first-order chi connectivity index (χ1) is 6.02. The SMILES string of the molecule is CC#N.Cc1cc(F)cc(Cl)c1N. The standard InChI is InChI=1S/C7H7ClFN.C2H3N/c1-4-2-5(9)3-6(8)7(4)10;1-2-3/h2-3H,10H2,1H3;1H3. The van der Waals surface area contributed by atoms with E-state index in [1.165, 1.54) is 19.1 Å². The topological polar surface area (TPSA) is 49.8 Å². The molecule has 0 aliphatic carbocycles. The summed E-state index contributed by atoms with van der Waals surface area (Å²) < 4.78 is 12.5. The Kier molecular flexibility index (Phi) is 4.86. The number of rotatable bonds is 0. The second kappa shape index (κ2) is 5.39. The Bertz CT molecular complexity index is 308. The fourth-order valence-corrected chi connectivity index (χ4v) is 0.967. The van der Waals surface area contributed by atoms with Crippen LogP contribution < -0.4 is 5.73 Å². The lowest BCUT2D eigenvalue weighted by molar-refractivity contribution is 0.627. The van der Waals surface area contributed by atoms with Gasteiger partial charge >= 0.3 is 0 Å². The van der Waals surface area contributed by atoms with E-state index < -0.39 is 0 Å². The number of anilines is 1. The van der Waals surface area contributed by atoms with Gasteiger partial charge in [-0.05, 0) is 24.6 Å². The van der Waals surface area contributed by atoms with Crippen molar-refractivity contribution >= 4 is 17.3 Å². The Morgan fingerprint density at radius 2 is 2.00 bits per heavy atom. The molecular formula is C9H10ClFN2. The van der Waals surface area contributed by atoms with Crippen molar-refractivity contribution in [2.45, 2.75) is 13.8 Å². The Balaban J connectivity index is 0.000000424. The molecule has 70 valence electrons. The van der Waals surface area contributed by atoms with Crippen LogP contribution in [0.15, 0.2) is 12.1 Å². The summed E-state index contributed by atoms with van der Waals surface area (Å²) in [5.74, 6) is -0.350. The molecule has 0 atom stereocenters. The zero-order valence-electron chi connectivity index (χ0n) is 7.44. The molecule has 13 heavy (non-hydrogen) atoms. The normalized spacial score (nSPS) is 8.23. The van der Waals surface area contributed by atoms with E-state index >= 15 is 0 Å². The third-order valence-electron chi connectivity index (χ3n) is 1.30. The highest BCUT2D eigenvalue weighted by Crippen LogP contribution is 2.22. The van der Waals surface area contributed by atoms with E-state index in [2.05, 4.69) is 0 Å². The predicted octanol–water partition coefficient (Wildman–Crippen LogP) is 2.90. The van der Waals surface area contributed by atoms with Crippen LogP contribution >= 0.6 is 11.6 Å². The Hall–Kier alpha value is -1.27. The first-order valence-electron chi connectivity index (χ1n) is 3.54. The van der Waals surface area contributed by atoms with E-state index in [0.717, 1.165) is 0 Å². The minimum atomic E-state index is -0.350. The largest absolute Gasteiger partial charge is 0.397 e. The number of nitriles is 1. The van der Waals surface area contributed by atoms with Crippen molar-refractivity contribution in [1.82, 2.24) is 0 Å². The van der Waals surface area contributed by atoms with E-state index in [0.29, 0.717) is 11.3 Å². The van der Waals surface area contributed by atoms with Crippen LogP contribution in [0.3, 0.4) is 0 Å². The van der Waals surface area contributed by atoms with Crippen LogP contribution in [0.1, 0.15) is 12.5 Å². The molecule has 2 N–H and O–H groups in total. The number of halogens is 2. The van der Waals surface area contributed by atoms with Crippen molar-refractivity contribution in [1.29, 1.82) is 5.26 Å². The van der Waals surface area contributed by atoms with Crippen LogP contribution in [0.2, 0.25) is 5.02 Å². The number of aryl methyl sites for hydroxylation is 1. The van der Waals surface area contributed by atoms with E-state index in [4.69, 9.17) is 22.6 Å². The molecule has 0 aliphatic rings. The second-order valence-corrected chi connectivity index (χ2v) is 2.75. The molecule has 4 heteroatoms. The van der Waals surface area contributed by atoms with Crippen LogP contribution in [0.4, 0.5) is 10.1 Å². The van der Waals surface area contributed by atoms with Gasteiger partial charge < -0.3 is 5.73 Å². The molecule has 0 bridgehead atoms. The number of nitrogen functional groups attached to an aromatic ring is 1. The average molecular weight is 201 g/mol. The van der Waals surface area contributed by atoms with E-state index in [-0.39, 0.29) is 10.8 Å². The van der Waals surface area contributed by atoms with E-state index in [9.17, 15) is 4.39 Å². The molecule has 0 fully saturated rings. The van der Waals surface area contributed by atoms with Gasteiger partial charge in [0.05, 0.1) is 16.8 Å². The number of nitrogens with two attached hydrogens (primary N) is 1. The van der Waals surface area contributed by atoms with Gasteiger partial charge in [-0.25, -0.2) is 4.39 Å². The van der Waals surface area contributed by atoms with Gasteiger partial charge in [-0.15, -0.1) is 0 Å². The molecule has 0 aliphatic heterocycles. The molecule has 2 nitrogen and oxygen atoms in total. The molecule has 0 heterocycles. The zero-order chi connectivity index (χ0) is 10.4. The van der Waals surface area contributed by atoms with Gasteiger partial charge in [-0.2, -0.15) is 5.26 Å². The van der Waals surface area contributed by atoms with E-state index in [1.807, 2.05) is 0 Å². The minimum Gasteiger partial charge on any atom is -0.397 e. The molecule has 0 radical (unpaired) electrons. The summed E-state index contributed by atoms with van der Waals surface area (Å²) in [6.45, 7) is 3.14. The molecular weight excluding hydrogens is 191 g/mol. The minimum absolute atomic E-state index is 0.275. The molecule has 0 saturated carbocycles. The third kappa shape index (κ3) is 3.77. The van der Waals surface area contributed by atoms with Crippen molar-refractivity contribution in [2.75, 3.05) is 5.73 Å². The fraction of sp³-hybridized carbons (Fsp3) is 0.222. The lowest BCUT2D eigenvalue weighted by atomic mass is 10.2. The first-order valence-corrected chi connectivity index (χ1v) is 3.92. The Labute approximate surface area is 81.7 Å². The van der Waals surface area contributed by atoms with Gasteiger partial charge in [-0.3, -0.25) is 0 Å². The van der Waals surface area contributed by atoms with Gasteiger partial charge in [0.15, 0.2) is 0 Å². The Morgan fingerprint density at radius 3 is 2.38 bits per heavy atom. The van der Waals surface area contributed by atoms with Gasteiger partial charge in [-0.1, -0.05) is 11.6 Å². The summed E-state index contributed by atoms with van der Waals surface area (Å²) in [7, 11) is 0. The lowest BCUT2D eigenvalue weighted by Gasteiger charge is -2.00. The maximum absolute atomic E-state index is 12.5. The highest BCUT2D eigenvalue weighted by Gasteiger charge is 2.01. The Morgan fingerprint density at radius 1 is 1.54 bits per heavy atom. The van der Waals surface area contributed by atoms with Crippen LogP contribution in [0.25, 0.3) is 0 Å². The van der Waals surface area contributed by atoms with Crippen LogP contribution in [-0.2, 0) is 0 Å². The molecule has 0 saturated heterocycles. The van der Waals surface area contributed by atoms with Crippen LogP contribution in [0, 0.1) is 24.1 Å². The zero-order valence-corrected chi connectivity index (χ0v) is 8.19. The smallest absolute Gasteiger partial charge is 0.125 e. The molecule has 1 aromatic carbocycles. The fourth-order valence-electron chi connectivity index (χ4n) is 0.713. The monoisotopic (exact) mass is 200 g/mol. The van der Waals surface area contributed by atoms with Crippen LogP contribution in [-0.4, -0.2) is 0 Å². The predicted molar refractivity (Wildman–Crippen MR) is 51.8 cm³/mol. The van der Waals surface area contributed by atoms with Crippen molar-refractivity contribution in [3.05, 3.63) is 28.5 Å². The summed E-state index contributed by atoms with van der Waals surface area (Å²) >= 11 is 5.55. The summed E-state index contributed by atoms with van der Waals surface area (Å²) in [6, 6.07) is 4.30. The van der Waals surface area contributed by atoms with Crippen molar-refractivity contribution in [3.63, 3.8) is 0 Å². The maximum atomic E-state index is 12.5. The third-order valence-corrected chi connectivity index (χ3v) is 1.61. The van der Waals surface area contributed by atoms with Crippen LogP contribution in [0.5, 0.6) is 0 Å². The second-order valence-electron chi connectivity index (χ2n) is 2.34. The van der Waals surface area contributed by atoms with E-state index in [1.54, 1.807) is 13.0 Å². The molecule has 0 aromatic heterocycles. The molecule has 0 unspecified atom stereocenters. The van der Waals surface area contributed by atoms with Gasteiger partial charge in [0.2, 0.25) is 0 Å². The highest BCUT2D eigenvalue weighted by molar-refractivity contribution is 6.33. The number of hydrogen-bond donors (Lipinski definition) is 1. The highest BCUT2D eigenvalue weighted by atomic mass is 35.5. The first kappa shape index (κ1) is 11.7. The molecule has 0 amide bonds. The van der Waals surface area contributed by atoms with Gasteiger partial charge in [0, 0.05) is 6.92 Å². The lowest BCUT2D eigenvalue weighted by Crippen LogP contribution is -1.91. The number of hydrogen-bond acceptors (Lipinski definition) is 2. The summed E-state index contributed by atoms with van der Waals surface area (Å²) in [6.07, 6.45) is 0. The van der Waals surface area contributed by atoms with Crippen molar-refractivity contribution in [3.8, 4) is 6.07 Å². The quantitative estimate of drug-likeness (QED) is 0.655. The van der Waals surface area contributed by atoms with Gasteiger partial charge in [0.25, 0.3) is 0 Å². The number of nitrogens with zero attached hydrogens (tertiary/aromatic N) is 1. The maximum Gasteiger partial charge on any atom is 0.125 e. The number of benzene rings is 1.